The molecule has 3 fully saturated rings. The van der Waals surface area contributed by atoms with Gasteiger partial charge in [0.25, 0.3) is 0 Å². The van der Waals surface area contributed by atoms with E-state index in [4.69, 9.17) is 28.4 Å². The molecule has 10 nitrogen and oxygen atoms in total. The summed E-state index contributed by atoms with van der Waals surface area (Å²) in [6, 6.07) is 12.2. The van der Waals surface area contributed by atoms with Gasteiger partial charge in [0.1, 0.15) is 35.3 Å². The highest BCUT2D eigenvalue weighted by atomic mass is 16.6. The fourth-order valence-electron chi connectivity index (χ4n) is 17.4. The highest BCUT2D eigenvalue weighted by Crippen LogP contribution is 2.57. The minimum atomic E-state index is -0.712. The Morgan fingerprint density at radius 3 is 1.11 bits per heavy atom. The number of amides is 1. The molecule has 0 spiro atoms. The molecule has 5 unspecified atom stereocenters. The van der Waals surface area contributed by atoms with Crippen LogP contribution in [0, 0.1) is 23.7 Å². The third-order valence-corrected chi connectivity index (χ3v) is 24.3. The molecule has 2 heterocycles. The van der Waals surface area contributed by atoms with Crippen LogP contribution in [0.4, 0.5) is 0 Å². The lowest BCUT2D eigenvalue weighted by Gasteiger charge is -2.38. The number of fused-ring (bicyclic) bond motifs is 7. The molecule has 10 heteroatoms. The van der Waals surface area contributed by atoms with Crippen LogP contribution in [-0.4, -0.2) is 50.3 Å². The number of ether oxygens (including phenoxy) is 6. The van der Waals surface area contributed by atoms with Crippen molar-refractivity contribution in [2.45, 2.75) is 426 Å². The number of unbranched alkanes of at least 4 members (excludes halogenated alkanes) is 45. The summed E-state index contributed by atoms with van der Waals surface area (Å²) >= 11 is 0. The van der Waals surface area contributed by atoms with Gasteiger partial charge in [0.05, 0.1) is 19.8 Å². The predicted molar refractivity (Wildman–Crippen MR) is 439 cm³/mol. The van der Waals surface area contributed by atoms with E-state index in [0.29, 0.717) is 78.1 Å². The number of nitrogens with one attached hydrogen (secondary N) is 1. The Morgan fingerprint density at radius 2 is 0.762 bits per heavy atom. The Morgan fingerprint density at radius 1 is 0.429 bits per heavy atom. The number of hydrogen-bond donors (Lipinski definition) is 1. The summed E-state index contributed by atoms with van der Waals surface area (Å²) in [7, 11) is 0. The maximum atomic E-state index is 15.3. The van der Waals surface area contributed by atoms with Crippen LogP contribution in [0.5, 0.6) is 28.7 Å². The third-order valence-electron chi connectivity index (χ3n) is 24.3. The van der Waals surface area contributed by atoms with Crippen LogP contribution in [-0.2, 0) is 37.1 Å². The summed E-state index contributed by atoms with van der Waals surface area (Å²) < 4.78 is 40.7. The molecular weight excluding hydrogens is 1300 g/mol. The van der Waals surface area contributed by atoms with Gasteiger partial charge in [-0.15, -0.1) is 0 Å². The fourth-order valence-corrected chi connectivity index (χ4v) is 17.4. The van der Waals surface area contributed by atoms with E-state index >= 15 is 4.79 Å². The SMILES string of the molecule is CCCCCCCCCCCCCCCCCCOc1cc(COC(=O)c2cc(C(C)(C)C)cc3c2Oc2c(C(=O)OC4CC5CC4C4C(=O)NCC54)cc(C(C)(C)C)cc2C3(C)C)cc(OCCCCCCCCCCCCCCCCCC)c1OCCCCCCCCCCCCCCCCCC. The first kappa shape index (κ1) is 87.5. The van der Waals surface area contributed by atoms with Crippen LogP contribution in [0.1, 0.15) is 446 Å². The average Bonchev–Trinajstić information content (AvgIpc) is 1.69. The van der Waals surface area contributed by atoms with Crippen molar-refractivity contribution in [3.05, 3.63) is 75.3 Å². The van der Waals surface area contributed by atoms with Gasteiger partial charge in [0, 0.05) is 34.9 Å². The Bertz CT molecular complexity index is 2890. The highest BCUT2D eigenvalue weighted by molar-refractivity contribution is 5.97. The van der Waals surface area contributed by atoms with Crippen molar-refractivity contribution < 1.29 is 42.8 Å². The lowest BCUT2D eigenvalue weighted by Crippen LogP contribution is -2.36. The predicted octanol–water partition coefficient (Wildman–Crippen LogP) is 27.9. The van der Waals surface area contributed by atoms with E-state index in [1.807, 2.05) is 24.3 Å². The first-order valence-electron chi connectivity index (χ1n) is 44.6. The molecule has 105 heavy (non-hydrogen) atoms. The average molecular weight is 1460 g/mol. The van der Waals surface area contributed by atoms with E-state index in [2.05, 4.69) is 93.6 Å². The summed E-state index contributed by atoms with van der Waals surface area (Å²) in [5.41, 5.74) is 3.72. The van der Waals surface area contributed by atoms with Gasteiger partial charge in [-0.3, -0.25) is 4.79 Å². The molecule has 1 amide bonds. The van der Waals surface area contributed by atoms with Crippen molar-refractivity contribution in [3.8, 4) is 28.7 Å². The van der Waals surface area contributed by atoms with E-state index in [-0.39, 0.29) is 41.3 Å². The Labute approximate surface area is 642 Å². The molecule has 594 valence electrons. The number of carbonyl (C=O) groups excluding carboxylic acids is 3. The van der Waals surface area contributed by atoms with Crippen LogP contribution in [0.3, 0.4) is 0 Å². The van der Waals surface area contributed by atoms with Crippen molar-refractivity contribution in [2.75, 3.05) is 26.4 Å². The van der Waals surface area contributed by atoms with E-state index in [1.165, 1.54) is 270 Å². The molecule has 3 aromatic carbocycles. The summed E-state index contributed by atoms with van der Waals surface area (Å²) in [6.07, 6.45) is 64.3. The van der Waals surface area contributed by atoms with Gasteiger partial charge < -0.3 is 33.7 Å². The Kier molecular flexibility index (Phi) is 40.0. The van der Waals surface area contributed by atoms with Crippen LogP contribution in [0.15, 0.2) is 36.4 Å². The second-order valence-corrected chi connectivity index (χ2v) is 35.8. The molecule has 1 N–H and O–H groups in total. The Balaban J connectivity index is 1.05. The number of hydrogen-bond acceptors (Lipinski definition) is 9. The maximum absolute atomic E-state index is 15.3. The zero-order valence-electron chi connectivity index (χ0n) is 69.4. The molecule has 2 aliphatic carbocycles. The van der Waals surface area contributed by atoms with E-state index in [9.17, 15) is 9.59 Å². The zero-order chi connectivity index (χ0) is 75.1. The second-order valence-electron chi connectivity index (χ2n) is 35.8. The van der Waals surface area contributed by atoms with E-state index < -0.39 is 17.4 Å². The van der Waals surface area contributed by atoms with Gasteiger partial charge >= 0.3 is 11.9 Å². The minimum absolute atomic E-state index is 0.00164. The zero-order valence-corrected chi connectivity index (χ0v) is 69.4. The molecule has 0 aromatic heterocycles. The first-order valence-corrected chi connectivity index (χ1v) is 44.6. The number of esters is 2. The van der Waals surface area contributed by atoms with Crippen molar-refractivity contribution >= 4 is 17.8 Å². The number of carbonyl (C=O) groups is 3. The standard InChI is InChI=1S/C95H155NO9/c1-12-15-18-21-24-27-30-33-36-39-42-45-48-51-54-57-60-100-84-63-73(64-85(101-61-58-55-52-49-46-43-40-37-34-31-28-25-22-19-16-13-2)89(84)102-62-59-56-53-50-47-44-41-38-35-32-29-26-23-20-17-14-3)72-103-91(98)78-67-75(93(4,5)6)69-81-87(78)105-88-79(68-76(94(7,8)9)70-82(88)95(81,10)11)92(99)104-83-66-74-65-77(83)86-80(74)71-96-90(86)97/h63-64,67-70,74,77,80,83,86H,12-62,65-66,71-72H2,1-11H3,(H,96,97). The summed E-state index contributed by atoms with van der Waals surface area (Å²) in [5.74, 6) is 2.37. The molecule has 4 aliphatic rings. The maximum Gasteiger partial charge on any atom is 0.342 e. The molecule has 2 bridgehead atoms. The monoisotopic (exact) mass is 1450 g/mol. The normalized spacial score (nSPS) is 17.9. The van der Waals surface area contributed by atoms with Crippen LogP contribution >= 0.6 is 0 Å². The Hall–Kier alpha value is -4.73. The second kappa shape index (κ2) is 48.0. The molecular formula is C95H155NO9. The third kappa shape index (κ3) is 29.6. The topological polar surface area (TPSA) is 119 Å². The molecule has 0 radical (unpaired) electrons. The summed E-state index contributed by atoms with van der Waals surface area (Å²) in [5, 5.41) is 3.09. The fraction of sp³-hybridized carbons (Fsp3) is 0.779. The molecule has 2 saturated carbocycles. The van der Waals surface area contributed by atoms with E-state index in [1.54, 1.807) is 0 Å². The smallest absolute Gasteiger partial charge is 0.342 e. The van der Waals surface area contributed by atoms with Crippen LogP contribution < -0.4 is 24.3 Å². The van der Waals surface area contributed by atoms with Crippen molar-refractivity contribution in [2.24, 2.45) is 23.7 Å². The van der Waals surface area contributed by atoms with Gasteiger partial charge in [-0.1, -0.05) is 377 Å². The molecule has 2 aliphatic heterocycles. The van der Waals surface area contributed by atoms with Gasteiger partial charge in [-0.25, -0.2) is 9.59 Å². The van der Waals surface area contributed by atoms with Gasteiger partial charge in [-0.05, 0) is 95.7 Å². The molecule has 5 atom stereocenters. The summed E-state index contributed by atoms with van der Waals surface area (Å²) in [6.45, 7) is 26.6. The lowest BCUT2D eigenvalue weighted by atomic mass is 9.70. The molecule has 3 aromatic rings. The molecule has 7 rings (SSSR count). The quantitative estimate of drug-likeness (QED) is 0.0435. The van der Waals surface area contributed by atoms with Crippen molar-refractivity contribution in [1.29, 1.82) is 0 Å². The van der Waals surface area contributed by atoms with Crippen molar-refractivity contribution in [3.63, 3.8) is 0 Å². The van der Waals surface area contributed by atoms with E-state index in [0.717, 1.165) is 79.2 Å². The van der Waals surface area contributed by atoms with Gasteiger partial charge in [-0.2, -0.15) is 0 Å². The van der Waals surface area contributed by atoms with Crippen molar-refractivity contribution in [1.82, 2.24) is 5.32 Å². The van der Waals surface area contributed by atoms with Crippen LogP contribution in [0.25, 0.3) is 0 Å². The first-order chi connectivity index (χ1) is 50.9. The number of rotatable bonds is 59. The largest absolute Gasteiger partial charge is 0.490 e. The summed E-state index contributed by atoms with van der Waals surface area (Å²) in [4.78, 5) is 43.4. The van der Waals surface area contributed by atoms with Gasteiger partial charge in [0.2, 0.25) is 11.7 Å². The van der Waals surface area contributed by atoms with Crippen LogP contribution in [0.2, 0.25) is 0 Å². The highest BCUT2D eigenvalue weighted by Gasteiger charge is 2.59. The van der Waals surface area contributed by atoms with Gasteiger partial charge in [0.15, 0.2) is 11.5 Å². The number of benzene rings is 3. The minimum Gasteiger partial charge on any atom is -0.490 e. The molecule has 1 saturated heterocycles. The lowest BCUT2D eigenvalue weighted by molar-refractivity contribution is -0.126.